The van der Waals surface area contributed by atoms with Crippen molar-refractivity contribution in [3.63, 3.8) is 0 Å². The Morgan fingerprint density at radius 3 is 2.76 bits per heavy atom. The third-order valence-electron chi connectivity index (χ3n) is 2.71. The van der Waals surface area contributed by atoms with E-state index in [0.29, 0.717) is 19.5 Å². The van der Waals surface area contributed by atoms with Gasteiger partial charge in [0.1, 0.15) is 0 Å². The summed E-state index contributed by atoms with van der Waals surface area (Å²) >= 11 is 0. The highest BCUT2D eigenvalue weighted by atomic mass is 16.7. The third-order valence-corrected chi connectivity index (χ3v) is 2.71. The van der Waals surface area contributed by atoms with Gasteiger partial charge in [0.15, 0.2) is 6.10 Å². The minimum atomic E-state index is -1.40. The fourth-order valence-electron chi connectivity index (χ4n) is 1.90. The van der Waals surface area contributed by atoms with Crippen LogP contribution in [-0.4, -0.2) is 34.7 Å². The van der Waals surface area contributed by atoms with E-state index in [2.05, 4.69) is 4.74 Å². The summed E-state index contributed by atoms with van der Waals surface area (Å²) in [7, 11) is 0. The molecule has 1 aliphatic rings. The van der Waals surface area contributed by atoms with Crippen molar-refractivity contribution >= 4 is 12.1 Å². The molecule has 1 fully saturated rings. The van der Waals surface area contributed by atoms with Gasteiger partial charge in [-0.1, -0.05) is 30.3 Å². The van der Waals surface area contributed by atoms with Crippen LogP contribution in [0.3, 0.4) is 0 Å². The Bertz CT molecular complexity index is 418. The second kappa shape index (κ2) is 4.86. The van der Waals surface area contributed by atoms with Crippen molar-refractivity contribution in [3.05, 3.63) is 35.9 Å². The Kier molecular flexibility index (Phi) is 3.27. The molecule has 0 spiro atoms. The summed E-state index contributed by atoms with van der Waals surface area (Å²) in [5.74, 6) is -0.253. The monoisotopic (exact) mass is 235 g/mol. The Balaban J connectivity index is 1.96. The van der Waals surface area contributed by atoms with Crippen LogP contribution >= 0.6 is 0 Å². The van der Waals surface area contributed by atoms with Gasteiger partial charge in [-0.3, -0.25) is 4.79 Å². The van der Waals surface area contributed by atoms with E-state index < -0.39 is 12.3 Å². The predicted molar refractivity (Wildman–Crippen MR) is 59.4 cm³/mol. The average Bonchev–Trinajstić information content (AvgIpc) is 2.62. The van der Waals surface area contributed by atoms with Gasteiger partial charge < -0.3 is 14.7 Å². The molecule has 1 aromatic rings. The number of benzene rings is 1. The van der Waals surface area contributed by atoms with Gasteiger partial charge in [-0.15, -0.1) is 0 Å². The first kappa shape index (κ1) is 11.4. The summed E-state index contributed by atoms with van der Waals surface area (Å²) in [5.41, 5.74) is 1.02. The number of carbonyl (C=O) groups excluding carboxylic acids is 1. The van der Waals surface area contributed by atoms with E-state index in [1.807, 2.05) is 30.3 Å². The van der Waals surface area contributed by atoms with Gasteiger partial charge >= 0.3 is 6.16 Å². The molecule has 1 saturated heterocycles. The second-order valence-electron chi connectivity index (χ2n) is 3.91. The molecule has 17 heavy (non-hydrogen) atoms. The van der Waals surface area contributed by atoms with Crippen molar-refractivity contribution in [3.8, 4) is 0 Å². The van der Waals surface area contributed by atoms with Gasteiger partial charge in [-0.2, -0.15) is 0 Å². The first-order valence-electron chi connectivity index (χ1n) is 5.39. The van der Waals surface area contributed by atoms with Crippen LogP contribution in [0.25, 0.3) is 0 Å². The lowest BCUT2D eigenvalue weighted by atomic mass is 10.2. The van der Waals surface area contributed by atoms with E-state index in [0.717, 1.165) is 5.56 Å². The van der Waals surface area contributed by atoms with E-state index in [9.17, 15) is 9.59 Å². The lowest BCUT2D eigenvalue weighted by molar-refractivity contribution is -0.135. The van der Waals surface area contributed by atoms with Crippen molar-refractivity contribution in [1.82, 2.24) is 4.90 Å². The molecule has 1 N–H and O–H groups in total. The molecule has 1 heterocycles. The molecule has 1 atom stereocenters. The quantitative estimate of drug-likeness (QED) is 0.806. The van der Waals surface area contributed by atoms with Crippen molar-refractivity contribution in [2.45, 2.75) is 19.1 Å². The Morgan fingerprint density at radius 2 is 2.12 bits per heavy atom. The fourth-order valence-corrected chi connectivity index (χ4v) is 1.90. The number of likely N-dealkylation sites (tertiary alicyclic amines) is 1. The minimum absolute atomic E-state index is 0.253. The molecule has 0 aromatic heterocycles. The second-order valence-corrected chi connectivity index (χ2v) is 3.91. The molecule has 1 aromatic carbocycles. The summed E-state index contributed by atoms with van der Waals surface area (Å²) in [5, 5.41) is 8.47. The van der Waals surface area contributed by atoms with Crippen molar-refractivity contribution in [2.24, 2.45) is 0 Å². The van der Waals surface area contributed by atoms with Crippen LogP contribution in [0.4, 0.5) is 4.79 Å². The first-order valence-corrected chi connectivity index (χ1v) is 5.39. The highest BCUT2D eigenvalue weighted by Gasteiger charge is 2.34. The fraction of sp³-hybridized carbons (Fsp3) is 0.333. The number of amides is 1. The lowest BCUT2D eigenvalue weighted by Crippen LogP contribution is -2.31. The molecule has 1 aliphatic heterocycles. The van der Waals surface area contributed by atoms with E-state index in [1.165, 1.54) is 0 Å². The van der Waals surface area contributed by atoms with Crippen LogP contribution in [0, 0.1) is 0 Å². The standard InChI is InChI=1S/C12H13NO4/c14-11-10(17-12(15)16)6-7-13(11)8-9-4-2-1-3-5-9/h1-5,10H,6-8H2,(H,15,16). The number of ether oxygens (including phenoxy) is 1. The topological polar surface area (TPSA) is 66.8 Å². The van der Waals surface area contributed by atoms with Crippen LogP contribution in [0.2, 0.25) is 0 Å². The normalized spacial score (nSPS) is 19.4. The molecule has 2 rings (SSSR count). The minimum Gasteiger partial charge on any atom is -0.450 e. The number of carboxylic acid groups (broad SMARTS) is 1. The molecule has 0 saturated carbocycles. The zero-order chi connectivity index (χ0) is 12.3. The summed E-state index contributed by atoms with van der Waals surface area (Å²) in [6, 6.07) is 9.57. The Labute approximate surface area is 98.6 Å². The highest BCUT2D eigenvalue weighted by molar-refractivity contribution is 5.84. The van der Waals surface area contributed by atoms with Crippen LogP contribution in [0.5, 0.6) is 0 Å². The summed E-state index contributed by atoms with van der Waals surface area (Å²) in [4.78, 5) is 23.8. The van der Waals surface area contributed by atoms with Crippen LogP contribution in [-0.2, 0) is 16.1 Å². The predicted octanol–water partition coefficient (Wildman–Crippen LogP) is 1.48. The van der Waals surface area contributed by atoms with Crippen molar-refractivity contribution in [1.29, 1.82) is 0 Å². The first-order chi connectivity index (χ1) is 8.16. The van der Waals surface area contributed by atoms with Gasteiger partial charge in [0.05, 0.1) is 0 Å². The third kappa shape index (κ3) is 2.75. The van der Waals surface area contributed by atoms with Crippen LogP contribution < -0.4 is 0 Å². The SMILES string of the molecule is O=C(O)OC1CCN(Cc2ccccc2)C1=O. The number of rotatable bonds is 3. The summed E-state index contributed by atoms with van der Waals surface area (Å²) in [6.45, 7) is 1.03. The highest BCUT2D eigenvalue weighted by Crippen LogP contribution is 2.17. The van der Waals surface area contributed by atoms with E-state index >= 15 is 0 Å². The molecule has 1 amide bonds. The van der Waals surface area contributed by atoms with Gasteiger partial charge in [0, 0.05) is 19.5 Å². The number of hydrogen-bond donors (Lipinski definition) is 1. The molecular weight excluding hydrogens is 222 g/mol. The van der Waals surface area contributed by atoms with E-state index in [4.69, 9.17) is 5.11 Å². The van der Waals surface area contributed by atoms with Gasteiger partial charge in [0.2, 0.25) is 0 Å². The maximum atomic E-state index is 11.8. The lowest BCUT2D eigenvalue weighted by Gasteiger charge is -2.16. The average molecular weight is 235 g/mol. The maximum Gasteiger partial charge on any atom is 0.506 e. The summed E-state index contributed by atoms with van der Waals surface area (Å²) in [6.07, 6.45) is -1.81. The molecule has 5 nitrogen and oxygen atoms in total. The zero-order valence-corrected chi connectivity index (χ0v) is 9.20. The largest absolute Gasteiger partial charge is 0.506 e. The molecule has 0 radical (unpaired) electrons. The Hall–Kier alpha value is -2.04. The number of hydrogen-bond acceptors (Lipinski definition) is 3. The van der Waals surface area contributed by atoms with Gasteiger partial charge in [0.25, 0.3) is 5.91 Å². The molecule has 0 bridgehead atoms. The maximum absolute atomic E-state index is 11.8. The van der Waals surface area contributed by atoms with Crippen LogP contribution in [0.15, 0.2) is 30.3 Å². The zero-order valence-electron chi connectivity index (χ0n) is 9.20. The Morgan fingerprint density at radius 1 is 1.41 bits per heavy atom. The van der Waals surface area contributed by atoms with E-state index in [-0.39, 0.29) is 5.91 Å². The van der Waals surface area contributed by atoms with Crippen molar-refractivity contribution < 1.29 is 19.4 Å². The number of carbonyl (C=O) groups is 2. The molecule has 5 heteroatoms. The van der Waals surface area contributed by atoms with Gasteiger partial charge in [-0.05, 0) is 5.56 Å². The summed E-state index contributed by atoms with van der Waals surface area (Å²) < 4.78 is 4.52. The molecular formula is C12H13NO4. The van der Waals surface area contributed by atoms with E-state index in [1.54, 1.807) is 4.90 Å². The number of nitrogens with zero attached hydrogens (tertiary/aromatic N) is 1. The smallest absolute Gasteiger partial charge is 0.450 e. The van der Waals surface area contributed by atoms with Crippen molar-refractivity contribution in [2.75, 3.05) is 6.54 Å². The van der Waals surface area contributed by atoms with Gasteiger partial charge in [-0.25, -0.2) is 4.79 Å². The molecule has 90 valence electrons. The van der Waals surface area contributed by atoms with Crippen LogP contribution in [0.1, 0.15) is 12.0 Å². The molecule has 1 unspecified atom stereocenters. The molecule has 0 aliphatic carbocycles.